The second-order valence-corrected chi connectivity index (χ2v) is 6.47. The Morgan fingerprint density at radius 3 is 2.42 bits per heavy atom. The number of hydrogen-bond donors (Lipinski definition) is 1. The molecule has 2 aromatic rings. The molecule has 2 amide bonds. The molecule has 0 spiro atoms. The summed E-state index contributed by atoms with van der Waals surface area (Å²) in [6.07, 6.45) is -0.0159. The monoisotopic (exact) mass is 428 g/mol. The lowest BCUT2D eigenvalue weighted by Gasteiger charge is -2.18. The largest absolute Gasteiger partial charge is 0.351 e. The van der Waals surface area contributed by atoms with Crippen LogP contribution in [0, 0.1) is 17.5 Å². The minimum Gasteiger partial charge on any atom is -0.351 e. The first-order valence-electron chi connectivity index (χ1n) is 7.69. The molecule has 2 aromatic carbocycles. The van der Waals surface area contributed by atoms with Crippen LogP contribution < -0.4 is 5.32 Å². The zero-order chi connectivity index (χ0) is 19.3. The first-order chi connectivity index (χ1) is 12.3. The van der Waals surface area contributed by atoms with E-state index in [-0.39, 0.29) is 36.5 Å². The second-order valence-electron chi connectivity index (χ2n) is 5.62. The molecule has 0 aromatic heterocycles. The Kier molecular flexibility index (Phi) is 6.79. The first-order valence-corrected chi connectivity index (χ1v) is 8.48. The van der Waals surface area contributed by atoms with Crippen molar-refractivity contribution in [2.45, 2.75) is 13.0 Å². The molecular weight excluding hydrogens is 413 g/mol. The lowest BCUT2D eigenvalue weighted by molar-refractivity contribution is -0.130. The highest BCUT2D eigenvalue weighted by molar-refractivity contribution is 9.10. The first kappa shape index (κ1) is 20.0. The van der Waals surface area contributed by atoms with Crippen molar-refractivity contribution in [2.75, 3.05) is 13.6 Å². The van der Waals surface area contributed by atoms with Crippen molar-refractivity contribution in [3.8, 4) is 0 Å². The van der Waals surface area contributed by atoms with Crippen molar-refractivity contribution < 1.29 is 22.8 Å². The topological polar surface area (TPSA) is 49.4 Å². The lowest BCUT2D eigenvalue weighted by atomic mass is 10.2. The van der Waals surface area contributed by atoms with E-state index < -0.39 is 23.4 Å². The summed E-state index contributed by atoms with van der Waals surface area (Å²) < 4.78 is 40.2. The highest BCUT2D eigenvalue weighted by Gasteiger charge is 2.14. The number of nitrogens with one attached hydrogen (secondary N) is 1. The fraction of sp³-hybridized carbons (Fsp3) is 0.222. The van der Waals surface area contributed by atoms with Crippen molar-refractivity contribution in [1.29, 1.82) is 0 Å². The predicted octanol–water partition coefficient (Wildman–Crippen LogP) is 3.64. The number of halogens is 4. The zero-order valence-electron chi connectivity index (χ0n) is 13.9. The van der Waals surface area contributed by atoms with Crippen LogP contribution in [0.3, 0.4) is 0 Å². The normalized spacial score (nSPS) is 10.5. The van der Waals surface area contributed by atoms with Crippen molar-refractivity contribution in [3.05, 3.63) is 69.4 Å². The van der Waals surface area contributed by atoms with Gasteiger partial charge < -0.3 is 10.2 Å². The maximum Gasteiger partial charge on any atom is 0.252 e. The fourth-order valence-electron chi connectivity index (χ4n) is 2.23. The van der Waals surface area contributed by atoms with Gasteiger partial charge in [-0.15, -0.1) is 0 Å². The van der Waals surface area contributed by atoms with E-state index in [1.165, 1.54) is 30.1 Å². The van der Waals surface area contributed by atoms with Crippen molar-refractivity contribution in [3.63, 3.8) is 0 Å². The molecule has 1 N–H and O–H groups in total. The molecule has 0 bridgehead atoms. The van der Waals surface area contributed by atoms with Crippen LogP contribution in [-0.2, 0) is 11.3 Å². The third kappa shape index (κ3) is 5.32. The maximum atomic E-state index is 13.6. The quantitative estimate of drug-likeness (QED) is 0.763. The summed E-state index contributed by atoms with van der Waals surface area (Å²) in [7, 11) is 1.48. The van der Waals surface area contributed by atoms with E-state index in [4.69, 9.17) is 0 Å². The number of amides is 2. The molecule has 4 nitrogen and oxygen atoms in total. The molecule has 0 atom stereocenters. The summed E-state index contributed by atoms with van der Waals surface area (Å²) in [5.41, 5.74) is 0.314. The SMILES string of the molecule is CN(Cc1ccc(F)cc1F)C(=O)CCNC(=O)c1cc(F)ccc1Br. The van der Waals surface area contributed by atoms with E-state index in [1.807, 2.05) is 0 Å². The molecule has 0 saturated carbocycles. The van der Waals surface area contributed by atoms with Crippen LogP contribution in [0.4, 0.5) is 13.2 Å². The third-order valence-electron chi connectivity index (χ3n) is 3.65. The van der Waals surface area contributed by atoms with Crippen LogP contribution in [-0.4, -0.2) is 30.3 Å². The molecule has 26 heavy (non-hydrogen) atoms. The summed E-state index contributed by atoms with van der Waals surface area (Å²) in [4.78, 5) is 25.4. The van der Waals surface area contributed by atoms with Crippen molar-refractivity contribution in [1.82, 2.24) is 10.2 Å². The Morgan fingerprint density at radius 2 is 1.73 bits per heavy atom. The lowest BCUT2D eigenvalue weighted by Crippen LogP contribution is -2.32. The number of nitrogens with zero attached hydrogens (tertiary/aromatic N) is 1. The number of carbonyl (C=O) groups excluding carboxylic acids is 2. The minimum absolute atomic E-state index is 0.0159. The Morgan fingerprint density at radius 1 is 1.08 bits per heavy atom. The summed E-state index contributed by atoms with van der Waals surface area (Å²) in [5.74, 6) is -2.81. The van der Waals surface area contributed by atoms with Gasteiger partial charge in [0.2, 0.25) is 5.91 Å². The molecule has 0 aliphatic rings. The number of hydrogen-bond acceptors (Lipinski definition) is 2. The number of rotatable bonds is 6. The van der Waals surface area contributed by atoms with Crippen molar-refractivity contribution in [2.24, 2.45) is 0 Å². The average molecular weight is 429 g/mol. The molecule has 2 rings (SSSR count). The molecule has 0 radical (unpaired) electrons. The highest BCUT2D eigenvalue weighted by Crippen LogP contribution is 2.17. The van der Waals surface area contributed by atoms with Gasteiger partial charge in [-0.1, -0.05) is 6.07 Å². The minimum atomic E-state index is -0.728. The Bertz CT molecular complexity index is 830. The van der Waals surface area contributed by atoms with E-state index in [9.17, 15) is 22.8 Å². The maximum absolute atomic E-state index is 13.6. The van der Waals surface area contributed by atoms with E-state index in [2.05, 4.69) is 21.2 Å². The van der Waals surface area contributed by atoms with Gasteiger partial charge in [-0.25, -0.2) is 13.2 Å². The highest BCUT2D eigenvalue weighted by atomic mass is 79.9. The van der Waals surface area contributed by atoms with Gasteiger partial charge in [0.05, 0.1) is 5.56 Å². The molecule has 0 aliphatic heterocycles. The Balaban J connectivity index is 1.86. The summed E-state index contributed by atoms with van der Waals surface area (Å²) in [6, 6.07) is 6.87. The van der Waals surface area contributed by atoms with Gasteiger partial charge in [-0.05, 0) is 40.2 Å². The summed E-state index contributed by atoms with van der Waals surface area (Å²) in [6.45, 7) is 0.0190. The predicted molar refractivity (Wildman–Crippen MR) is 93.9 cm³/mol. The fourth-order valence-corrected chi connectivity index (χ4v) is 2.66. The van der Waals surface area contributed by atoms with Crippen LogP contribution in [0.1, 0.15) is 22.3 Å². The van der Waals surface area contributed by atoms with E-state index in [1.54, 1.807) is 0 Å². The van der Waals surface area contributed by atoms with E-state index in [0.29, 0.717) is 4.47 Å². The molecule has 8 heteroatoms. The third-order valence-corrected chi connectivity index (χ3v) is 4.34. The molecule has 0 saturated heterocycles. The smallest absolute Gasteiger partial charge is 0.252 e. The molecule has 138 valence electrons. The van der Waals surface area contributed by atoms with E-state index in [0.717, 1.165) is 18.2 Å². The van der Waals surface area contributed by atoms with Crippen LogP contribution in [0.2, 0.25) is 0 Å². The van der Waals surface area contributed by atoms with Gasteiger partial charge >= 0.3 is 0 Å². The number of benzene rings is 2. The van der Waals surface area contributed by atoms with Crippen LogP contribution >= 0.6 is 15.9 Å². The summed E-state index contributed by atoms with van der Waals surface area (Å²) >= 11 is 3.16. The molecule has 0 aliphatic carbocycles. The Labute approximate surface area is 157 Å². The standard InChI is InChI=1S/C18H16BrF3N2O2/c1-24(10-11-2-3-13(21)9-16(11)22)17(25)6-7-23-18(26)14-8-12(20)4-5-15(14)19/h2-5,8-9H,6-7,10H2,1H3,(H,23,26). The Hall–Kier alpha value is -2.35. The molecule has 0 unspecified atom stereocenters. The zero-order valence-corrected chi connectivity index (χ0v) is 15.4. The van der Waals surface area contributed by atoms with Crippen LogP contribution in [0.25, 0.3) is 0 Å². The van der Waals surface area contributed by atoms with Gasteiger partial charge in [0.25, 0.3) is 5.91 Å². The number of carbonyl (C=O) groups is 2. The summed E-state index contributed by atoms with van der Waals surface area (Å²) in [5, 5.41) is 2.53. The van der Waals surface area contributed by atoms with Gasteiger partial charge in [-0.2, -0.15) is 0 Å². The van der Waals surface area contributed by atoms with Gasteiger partial charge in [0.15, 0.2) is 0 Å². The van der Waals surface area contributed by atoms with E-state index >= 15 is 0 Å². The van der Waals surface area contributed by atoms with Crippen LogP contribution in [0.5, 0.6) is 0 Å². The van der Waals surface area contributed by atoms with Gasteiger partial charge in [0, 0.05) is 42.7 Å². The molecule has 0 fully saturated rings. The van der Waals surface area contributed by atoms with Crippen molar-refractivity contribution >= 4 is 27.7 Å². The van der Waals surface area contributed by atoms with Gasteiger partial charge in [0.1, 0.15) is 17.5 Å². The molecular formula is C18H16BrF3N2O2. The van der Waals surface area contributed by atoms with Gasteiger partial charge in [-0.3, -0.25) is 9.59 Å². The molecule has 0 heterocycles. The average Bonchev–Trinajstić information content (AvgIpc) is 2.59. The van der Waals surface area contributed by atoms with Crippen LogP contribution in [0.15, 0.2) is 40.9 Å². The second kappa shape index (κ2) is 8.84.